The van der Waals surface area contributed by atoms with Crippen molar-refractivity contribution in [2.75, 3.05) is 45.1 Å². The van der Waals surface area contributed by atoms with Gasteiger partial charge in [0.25, 0.3) is 5.91 Å². The number of thiophene rings is 1. The number of carbonyl (C=O) groups is 1. The van der Waals surface area contributed by atoms with E-state index in [1.165, 1.54) is 6.08 Å². The molecule has 2 aromatic carbocycles. The number of fused-ring (bicyclic) bond motifs is 1. The Morgan fingerprint density at radius 1 is 1.11 bits per heavy atom. The number of nitrogens with two attached hydrogens (primary N) is 1. The second-order valence-electron chi connectivity index (χ2n) is 8.95. The maximum Gasteiger partial charge on any atom is 0.258 e. The third kappa shape index (κ3) is 6.56. The minimum Gasteiger partial charge on any atom is -0.457 e. The van der Waals surface area contributed by atoms with E-state index >= 15 is 0 Å². The topological polar surface area (TPSA) is 102 Å². The van der Waals surface area contributed by atoms with Gasteiger partial charge in [-0.15, -0.1) is 11.3 Å². The van der Waals surface area contributed by atoms with E-state index in [1.807, 2.05) is 54.6 Å². The Morgan fingerprint density at radius 3 is 2.66 bits per heavy atom. The molecule has 8 nitrogen and oxygen atoms in total. The first-order valence-electron chi connectivity index (χ1n) is 12.7. The number of benzene rings is 2. The van der Waals surface area contributed by atoms with Crippen molar-refractivity contribution in [1.82, 2.24) is 20.7 Å². The monoisotopic (exact) mass is 529 g/mol. The summed E-state index contributed by atoms with van der Waals surface area (Å²) in [6, 6.07) is 17.6. The molecule has 0 unspecified atom stereocenters. The molecule has 1 fully saturated rings. The lowest BCUT2D eigenvalue weighted by Gasteiger charge is -2.26. The summed E-state index contributed by atoms with van der Waals surface area (Å²) in [5.74, 6) is 1.80. The fraction of sp³-hybridized carbons (Fsp3) is 0.241. The molecule has 1 aliphatic heterocycles. The van der Waals surface area contributed by atoms with Crippen LogP contribution < -0.4 is 21.3 Å². The number of pyridine rings is 1. The van der Waals surface area contributed by atoms with Crippen LogP contribution >= 0.6 is 11.3 Å². The number of rotatable bonds is 10. The summed E-state index contributed by atoms with van der Waals surface area (Å²) >= 11 is 1.58. The van der Waals surface area contributed by atoms with E-state index in [4.69, 9.17) is 15.2 Å². The summed E-state index contributed by atoms with van der Waals surface area (Å²) in [6.45, 7) is 5.22. The minimum absolute atomic E-state index is 0.216. The van der Waals surface area contributed by atoms with E-state index in [1.54, 1.807) is 23.6 Å². The molecule has 38 heavy (non-hydrogen) atoms. The Morgan fingerprint density at radius 2 is 1.87 bits per heavy atom. The summed E-state index contributed by atoms with van der Waals surface area (Å²) < 4.78 is 12.3. The average molecular weight is 530 g/mol. The zero-order chi connectivity index (χ0) is 26.2. The fourth-order valence-corrected chi connectivity index (χ4v) is 5.40. The molecule has 1 saturated heterocycles. The molecule has 4 N–H and O–H groups in total. The summed E-state index contributed by atoms with van der Waals surface area (Å²) in [7, 11) is 0. The van der Waals surface area contributed by atoms with Gasteiger partial charge in [-0.2, -0.15) is 0 Å². The predicted octanol–water partition coefficient (Wildman–Crippen LogP) is 4.69. The molecular weight excluding hydrogens is 498 g/mol. The molecule has 0 radical (unpaired) electrons. The predicted molar refractivity (Wildman–Crippen MR) is 153 cm³/mol. The third-order valence-corrected chi connectivity index (χ3v) is 7.33. The number of para-hydroxylation sites is 1. The number of carbonyl (C=O) groups excluding carboxylic acids is 1. The van der Waals surface area contributed by atoms with Crippen molar-refractivity contribution >= 4 is 39.2 Å². The van der Waals surface area contributed by atoms with Gasteiger partial charge in [0.2, 0.25) is 0 Å². The third-order valence-electron chi connectivity index (χ3n) is 6.30. The van der Waals surface area contributed by atoms with Crippen molar-refractivity contribution in [3.05, 3.63) is 77.8 Å². The van der Waals surface area contributed by atoms with E-state index in [0.29, 0.717) is 12.4 Å². The molecule has 0 atom stereocenters. The second-order valence-corrected chi connectivity index (χ2v) is 9.83. The van der Waals surface area contributed by atoms with E-state index in [9.17, 15) is 4.79 Å². The number of nitrogen functional groups attached to an aromatic ring is 1. The first kappa shape index (κ1) is 25.9. The smallest absolute Gasteiger partial charge is 0.258 e. The number of amides is 1. The van der Waals surface area contributed by atoms with Crippen LogP contribution in [0.2, 0.25) is 0 Å². The molecule has 0 aliphatic carbocycles. The van der Waals surface area contributed by atoms with Crippen molar-refractivity contribution in [1.29, 1.82) is 0 Å². The SMILES string of the molecule is Nc1ncc(/C=C/C(=O)NNCCCN2CCOCC2)c2scc(-c3ccc(Oc4ccccc4)cc3)c12. The zero-order valence-corrected chi connectivity index (χ0v) is 21.9. The van der Waals surface area contributed by atoms with E-state index in [0.717, 1.165) is 77.5 Å². The number of anilines is 1. The number of aromatic nitrogens is 1. The summed E-state index contributed by atoms with van der Waals surface area (Å²) in [5.41, 5.74) is 14.9. The lowest BCUT2D eigenvalue weighted by Crippen LogP contribution is -2.40. The zero-order valence-electron chi connectivity index (χ0n) is 21.1. The van der Waals surface area contributed by atoms with Crippen LogP contribution in [0.4, 0.5) is 5.82 Å². The quantitative estimate of drug-likeness (QED) is 0.156. The summed E-state index contributed by atoms with van der Waals surface area (Å²) in [6.07, 6.45) is 5.94. The second kappa shape index (κ2) is 12.7. The van der Waals surface area contributed by atoms with Gasteiger partial charge in [0.15, 0.2) is 0 Å². The van der Waals surface area contributed by atoms with Gasteiger partial charge in [-0.1, -0.05) is 30.3 Å². The highest BCUT2D eigenvalue weighted by Crippen LogP contribution is 2.39. The van der Waals surface area contributed by atoms with Crippen molar-refractivity contribution in [3.8, 4) is 22.6 Å². The number of hydrogen-bond acceptors (Lipinski definition) is 8. The molecule has 0 saturated carbocycles. The Hall–Kier alpha value is -3.76. The largest absolute Gasteiger partial charge is 0.457 e. The van der Waals surface area contributed by atoms with Crippen LogP contribution in [-0.2, 0) is 9.53 Å². The molecule has 5 rings (SSSR count). The Balaban J connectivity index is 1.20. The van der Waals surface area contributed by atoms with Crippen LogP contribution in [0.25, 0.3) is 27.3 Å². The van der Waals surface area contributed by atoms with E-state index < -0.39 is 0 Å². The maximum absolute atomic E-state index is 12.3. The summed E-state index contributed by atoms with van der Waals surface area (Å²) in [4.78, 5) is 19.1. The highest BCUT2D eigenvalue weighted by atomic mass is 32.1. The van der Waals surface area contributed by atoms with E-state index in [2.05, 4.69) is 26.1 Å². The number of ether oxygens (including phenoxy) is 2. The number of nitrogens with one attached hydrogen (secondary N) is 2. The number of morpholine rings is 1. The number of nitrogens with zero attached hydrogens (tertiary/aromatic N) is 2. The van der Waals surface area contributed by atoms with Crippen molar-refractivity contribution in [2.24, 2.45) is 0 Å². The van der Waals surface area contributed by atoms with Crippen molar-refractivity contribution in [3.63, 3.8) is 0 Å². The van der Waals surface area contributed by atoms with Crippen LogP contribution in [0.5, 0.6) is 11.5 Å². The molecule has 2 aromatic heterocycles. The lowest BCUT2D eigenvalue weighted by molar-refractivity contribution is -0.117. The molecule has 0 spiro atoms. The van der Waals surface area contributed by atoms with Crippen LogP contribution in [0.1, 0.15) is 12.0 Å². The number of hydrazine groups is 1. The van der Waals surface area contributed by atoms with Gasteiger partial charge < -0.3 is 15.2 Å². The van der Waals surface area contributed by atoms with Crippen molar-refractivity contribution in [2.45, 2.75) is 6.42 Å². The molecule has 4 aromatic rings. The van der Waals surface area contributed by atoms with Crippen LogP contribution in [0, 0.1) is 0 Å². The van der Waals surface area contributed by atoms with E-state index in [-0.39, 0.29) is 5.91 Å². The Labute approximate surface area is 226 Å². The van der Waals surface area contributed by atoms with Gasteiger partial charge in [0.1, 0.15) is 17.3 Å². The van der Waals surface area contributed by atoms with Gasteiger partial charge in [0, 0.05) is 53.1 Å². The normalized spacial score (nSPS) is 14.2. The highest BCUT2D eigenvalue weighted by molar-refractivity contribution is 7.18. The molecule has 3 heterocycles. The first-order valence-corrected chi connectivity index (χ1v) is 13.6. The highest BCUT2D eigenvalue weighted by Gasteiger charge is 2.14. The van der Waals surface area contributed by atoms with Gasteiger partial charge in [-0.25, -0.2) is 10.4 Å². The van der Waals surface area contributed by atoms with Crippen LogP contribution in [0.3, 0.4) is 0 Å². The minimum atomic E-state index is -0.216. The van der Waals surface area contributed by atoms with Crippen LogP contribution in [-0.4, -0.2) is 55.2 Å². The molecular formula is C29H31N5O3S. The van der Waals surface area contributed by atoms with Gasteiger partial charge in [-0.3, -0.25) is 15.1 Å². The van der Waals surface area contributed by atoms with Gasteiger partial charge >= 0.3 is 0 Å². The molecule has 196 valence electrons. The average Bonchev–Trinajstić information content (AvgIpc) is 3.40. The standard InChI is InChI=1S/C29H31N5O3S/c30-29-27-25(21-7-10-24(11-8-21)37-23-5-2-1-3-6-23)20-38-28(27)22(19-31-29)9-12-26(35)33-32-13-4-14-34-15-17-36-18-16-34/h1-3,5-12,19-20,32H,4,13-18H2,(H2,30,31)(H,33,35)/b12-9+. The Kier molecular flexibility index (Phi) is 8.62. The van der Waals surface area contributed by atoms with Gasteiger partial charge in [0.05, 0.1) is 13.2 Å². The summed E-state index contributed by atoms with van der Waals surface area (Å²) in [5, 5.41) is 2.96. The first-order chi connectivity index (χ1) is 18.7. The molecule has 9 heteroatoms. The number of hydrogen-bond donors (Lipinski definition) is 3. The van der Waals surface area contributed by atoms with Crippen molar-refractivity contribution < 1.29 is 14.3 Å². The Bertz CT molecular complexity index is 1380. The fourth-order valence-electron chi connectivity index (χ4n) is 4.32. The molecule has 0 bridgehead atoms. The van der Waals surface area contributed by atoms with Crippen LogP contribution in [0.15, 0.2) is 72.3 Å². The molecule has 1 amide bonds. The maximum atomic E-state index is 12.3. The lowest BCUT2D eigenvalue weighted by atomic mass is 10.0. The van der Waals surface area contributed by atoms with Gasteiger partial charge in [-0.05, 0) is 54.3 Å². The molecule has 1 aliphatic rings.